The third-order valence-corrected chi connectivity index (χ3v) is 10.0. The van der Waals surface area contributed by atoms with Crippen LogP contribution < -0.4 is 38.1 Å². The van der Waals surface area contributed by atoms with Crippen LogP contribution >= 0.6 is 11.8 Å². The molecule has 6 amide bonds. The van der Waals surface area contributed by atoms with Gasteiger partial charge in [0.2, 0.25) is 35.4 Å². The van der Waals surface area contributed by atoms with Gasteiger partial charge in [0, 0.05) is 61.8 Å². The van der Waals surface area contributed by atoms with E-state index in [-0.39, 0.29) is 31.9 Å². The first-order valence-electron chi connectivity index (χ1n) is 19.6. The number of hydrogen-bond donors (Lipinski definition) is 10. The van der Waals surface area contributed by atoms with Gasteiger partial charge in [0.1, 0.15) is 30.2 Å². The van der Waals surface area contributed by atoms with Crippen LogP contribution in [0.5, 0.6) is 0 Å². The van der Waals surface area contributed by atoms with E-state index >= 15 is 0 Å². The van der Waals surface area contributed by atoms with Gasteiger partial charge in [0.05, 0.1) is 12.9 Å². The summed E-state index contributed by atoms with van der Waals surface area (Å²) in [6, 6.07) is 1.52. The van der Waals surface area contributed by atoms with E-state index in [9.17, 15) is 38.7 Å². The number of carbonyl (C=O) groups excluding carboxylic acids is 6. The smallest absolute Gasteiger partial charge is 0.325 e. The lowest BCUT2D eigenvalue weighted by molar-refractivity contribution is -0.143. The molecule has 0 bridgehead atoms. The lowest BCUT2D eigenvalue weighted by atomic mass is 10.0. The van der Waals surface area contributed by atoms with Crippen molar-refractivity contribution in [2.75, 3.05) is 31.6 Å². The number of thioether (sulfide) groups is 1. The molecule has 0 fully saturated rings. The molecule has 0 aliphatic rings. The number of carboxylic acid groups (broad SMARTS) is 1. The number of nitrogens with zero attached hydrogens (tertiary/aromatic N) is 3. The average Bonchev–Trinajstić information content (AvgIpc) is 3.86. The summed E-state index contributed by atoms with van der Waals surface area (Å²) in [6.07, 6.45) is 7.44. The van der Waals surface area contributed by atoms with Crippen molar-refractivity contribution in [1.82, 2.24) is 46.4 Å². The van der Waals surface area contributed by atoms with E-state index in [0.29, 0.717) is 36.3 Å². The number of rotatable bonds is 25. The molecule has 3 aromatic rings. The van der Waals surface area contributed by atoms with E-state index in [1.807, 2.05) is 30.5 Å². The Morgan fingerprint density at radius 3 is 2.22 bits per heavy atom. The highest BCUT2D eigenvalue weighted by Crippen LogP contribution is 2.20. The Morgan fingerprint density at radius 1 is 0.883 bits per heavy atom. The first-order chi connectivity index (χ1) is 28.5. The van der Waals surface area contributed by atoms with Crippen LogP contribution in [0.4, 0.5) is 0 Å². The maximum Gasteiger partial charge on any atom is 0.325 e. The van der Waals surface area contributed by atoms with Gasteiger partial charge in [-0.15, -0.1) is 0 Å². The number of guanidine groups is 1. The zero-order valence-corrected chi connectivity index (χ0v) is 35.4. The van der Waals surface area contributed by atoms with Gasteiger partial charge in [-0.1, -0.05) is 32.0 Å². The van der Waals surface area contributed by atoms with Crippen LogP contribution in [0.25, 0.3) is 10.9 Å². The van der Waals surface area contributed by atoms with Crippen molar-refractivity contribution in [2.24, 2.45) is 22.4 Å². The van der Waals surface area contributed by atoms with Gasteiger partial charge in [-0.25, -0.2) is 4.98 Å². The summed E-state index contributed by atoms with van der Waals surface area (Å²) in [7, 11) is 0. The highest BCUT2D eigenvalue weighted by atomic mass is 32.2. The summed E-state index contributed by atoms with van der Waals surface area (Å²) in [6.45, 7) is 5.77. The third kappa shape index (κ3) is 15.6. The van der Waals surface area contributed by atoms with Crippen molar-refractivity contribution >= 4 is 70.0 Å². The number of carbonyl (C=O) groups is 7. The number of aliphatic carboxylic acids is 1. The molecule has 12 N–H and O–H groups in total. The fourth-order valence-corrected chi connectivity index (χ4v) is 6.72. The predicted molar refractivity (Wildman–Crippen MR) is 227 cm³/mol. The van der Waals surface area contributed by atoms with Gasteiger partial charge < -0.3 is 58.0 Å². The first kappa shape index (κ1) is 48.3. The van der Waals surface area contributed by atoms with Crippen LogP contribution in [-0.4, -0.2) is 134 Å². The van der Waals surface area contributed by atoms with E-state index in [2.05, 4.69) is 46.5 Å². The van der Waals surface area contributed by atoms with Gasteiger partial charge in [-0.2, -0.15) is 11.8 Å². The van der Waals surface area contributed by atoms with Crippen LogP contribution in [0.3, 0.4) is 0 Å². The van der Waals surface area contributed by atoms with E-state index in [0.717, 1.165) is 10.9 Å². The second-order valence-electron chi connectivity index (χ2n) is 14.6. The lowest BCUT2D eigenvalue weighted by Gasteiger charge is -2.30. The number of aliphatic imine (C=N–C) groups is 1. The van der Waals surface area contributed by atoms with Crippen molar-refractivity contribution in [1.29, 1.82) is 0 Å². The topological polar surface area (TPSA) is 312 Å². The number of aromatic nitrogens is 3. The maximum atomic E-state index is 14.6. The molecule has 20 nitrogen and oxygen atoms in total. The second-order valence-corrected chi connectivity index (χ2v) is 15.6. The normalized spacial score (nSPS) is 13.6. The number of benzene rings is 1. The molecule has 60 heavy (non-hydrogen) atoms. The van der Waals surface area contributed by atoms with Crippen molar-refractivity contribution in [2.45, 2.75) is 90.0 Å². The van der Waals surface area contributed by atoms with Gasteiger partial charge in [0.15, 0.2) is 5.96 Å². The molecule has 3 rings (SSSR count). The van der Waals surface area contributed by atoms with Crippen LogP contribution in [0.2, 0.25) is 0 Å². The summed E-state index contributed by atoms with van der Waals surface area (Å²) in [4.78, 5) is 108. The second kappa shape index (κ2) is 24.1. The Kier molecular flexibility index (Phi) is 19.4. The van der Waals surface area contributed by atoms with Gasteiger partial charge in [0.25, 0.3) is 0 Å². The first-order valence-corrected chi connectivity index (χ1v) is 21.0. The minimum atomic E-state index is -1.30. The number of para-hydroxylation sites is 1. The molecule has 0 saturated heterocycles. The molecule has 2 aromatic heterocycles. The molecule has 0 spiro atoms. The zero-order valence-electron chi connectivity index (χ0n) is 34.6. The van der Waals surface area contributed by atoms with E-state index in [1.165, 1.54) is 43.0 Å². The molecule has 328 valence electrons. The van der Waals surface area contributed by atoms with E-state index in [1.54, 1.807) is 20.0 Å². The SMILES string of the molecule is CSCC[C@H](NC(C)=O)C(=O)N[C@H](C(=O)N[C@@H](Cc1cnc[nH]1)C(=O)N[C@@H](Cc1c[nH]c2ccccc12)C(=O)N(CCCCN=C(N)N)CC(=O)N[C@@H](C)C(=O)O)C(C)C. The number of carboxylic acids is 1. The summed E-state index contributed by atoms with van der Waals surface area (Å²) < 4.78 is 0. The number of aromatic amines is 2. The molecule has 1 aromatic carbocycles. The number of hydrogen-bond acceptors (Lipinski definition) is 10. The number of H-pyrrole nitrogens is 2. The number of amides is 6. The largest absolute Gasteiger partial charge is 0.480 e. The molecule has 0 unspecified atom stereocenters. The zero-order chi connectivity index (χ0) is 44.4. The number of unbranched alkanes of at least 4 members (excludes halogenated alkanes) is 1. The maximum absolute atomic E-state index is 14.6. The molecule has 0 aliphatic heterocycles. The fourth-order valence-electron chi connectivity index (χ4n) is 6.25. The minimum Gasteiger partial charge on any atom is -0.480 e. The Bertz CT molecular complexity index is 1950. The summed E-state index contributed by atoms with van der Waals surface area (Å²) in [5.41, 5.74) is 12.9. The van der Waals surface area contributed by atoms with Crippen LogP contribution in [0.15, 0.2) is 48.0 Å². The highest BCUT2D eigenvalue weighted by Gasteiger charge is 2.35. The Hall–Kier alpha value is -6.12. The van der Waals surface area contributed by atoms with Crippen molar-refractivity contribution < 1.29 is 38.7 Å². The van der Waals surface area contributed by atoms with Crippen LogP contribution in [0, 0.1) is 5.92 Å². The molecule has 0 saturated carbocycles. The lowest BCUT2D eigenvalue weighted by Crippen LogP contribution is -2.60. The molecule has 21 heteroatoms. The van der Waals surface area contributed by atoms with Crippen molar-refractivity contribution in [3.63, 3.8) is 0 Å². The summed E-state index contributed by atoms with van der Waals surface area (Å²) in [5, 5.41) is 23.5. The van der Waals surface area contributed by atoms with Gasteiger partial charge in [-0.3, -0.25) is 38.6 Å². The van der Waals surface area contributed by atoms with Gasteiger partial charge >= 0.3 is 5.97 Å². The standard InChI is InChI=1S/C39H58N12O8S/c1-22(2)33(50-34(54)29(12-15-60-5)47-24(4)52)36(56)48-30(17-26-19-42-21-45-26)35(55)49-31(16-25-18-44-28-11-7-6-10-27(25)28)37(57)51(14-9-8-13-43-39(40)41)20-32(53)46-23(3)38(58)59/h6-7,10-11,18-19,21-23,29-31,33,44H,8-9,12-17,20H2,1-5H3,(H,42,45)(H,46,53)(H,47,52)(H,48,56)(H,49,55)(H,50,54)(H,58,59)(H4,40,41,43)/t23-,29-,30-,31-,33-/m0/s1. The van der Waals surface area contributed by atoms with Crippen LogP contribution in [0.1, 0.15) is 58.2 Å². The summed E-state index contributed by atoms with van der Waals surface area (Å²) >= 11 is 1.50. The molecular formula is C39H58N12O8S. The molecule has 2 heterocycles. The summed E-state index contributed by atoms with van der Waals surface area (Å²) in [5.74, 6) is -5.04. The molecule has 5 atom stereocenters. The number of fused-ring (bicyclic) bond motifs is 1. The van der Waals surface area contributed by atoms with Gasteiger partial charge in [-0.05, 0) is 55.7 Å². The van der Waals surface area contributed by atoms with Crippen LogP contribution in [-0.2, 0) is 46.4 Å². The predicted octanol–water partition coefficient (Wildman–Crippen LogP) is -0.484. The number of nitrogens with one attached hydrogen (secondary N) is 7. The Labute approximate surface area is 352 Å². The van der Waals surface area contributed by atoms with E-state index in [4.69, 9.17) is 11.5 Å². The number of nitrogens with two attached hydrogens (primary N) is 2. The molecule has 0 aliphatic carbocycles. The fraction of sp³-hybridized carbons (Fsp3) is 0.513. The van der Waals surface area contributed by atoms with Crippen molar-refractivity contribution in [3.05, 3.63) is 54.2 Å². The quantitative estimate of drug-likeness (QED) is 0.0294. The minimum absolute atomic E-state index is 0.0223. The third-order valence-electron chi connectivity index (χ3n) is 9.40. The number of imidazole rings is 1. The monoisotopic (exact) mass is 854 g/mol. The van der Waals surface area contributed by atoms with E-state index < -0.39 is 84.1 Å². The molecule has 0 radical (unpaired) electrons. The average molecular weight is 855 g/mol. The Morgan fingerprint density at radius 2 is 1.58 bits per heavy atom. The molecular weight excluding hydrogens is 797 g/mol. The highest BCUT2D eigenvalue weighted by molar-refractivity contribution is 7.98. The van der Waals surface area contributed by atoms with Crippen molar-refractivity contribution in [3.8, 4) is 0 Å². The Balaban J connectivity index is 1.99.